The Balaban J connectivity index is 1.80. The van der Waals surface area contributed by atoms with E-state index < -0.39 is 0 Å². The van der Waals surface area contributed by atoms with E-state index in [1.54, 1.807) is 17.7 Å². The van der Waals surface area contributed by atoms with Crippen molar-refractivity contribution in [2.24, 2.45) is 0 Å². The van der Waals surface area contributed by atoms with Crippen LogP contribution in [-0.2, 0) is 0 Å². The molecule has 3 heterocycles. The molecule has 6 heteroatoms. The largest absolute Gasteiger partial charge is 0.324 e. The van der Waals surface area contributed by atoms with Crippen molar-refractivity contribution in [3.05, 3.63) is 68.2 Å². The van der Waals surface area contributed by atoms with Gasteiger partial charge in [-0.2, -0.15) is 10.1 Å². The molecule has 21 heavy (non-hydrogen) atoms. The summed E-state index contributed by atoms with van der Waals surface area (Å²) in [7, 11) is 0. The normalized spacial score (nSPS) is 17.0. The summed E-state index contributed by atoms with van der Waals surface area (Å²) < 4.78 is 3.15. The molecular formula is C15H11IN4S. The highest BCUT2D eigenvalue weighted by molar-refractivity contribution is 14.1. The van der Waals surface area contributed by atoms with Gasteiger partial charge in [0.05, 0.1) is 0 Å². The van der Waals surface area contributed by atoms with Crippen LogP contribution >= 0.6 is 33.9 Å². The summed E-state index contributed by atoms with van der Waals surface area (Å²) in [6.45, 7) is 0. The molecule has 0 fully saturated rings. The van der Waals surface area contributed by atoms with Crippen molar-refractivity contribution in [1.82, 2.24) is 14.8 Å². The first-order chi connectivity index (χ1) is 10.3. The minimum atomic E-state index is 0.0954. The van der Waals surface area contributed by atoms with Gasteiger partial charge in [-0.25, -0.2) is 4.68 Å². The number of allylic oxidation sites excluding steroid dienone is 1. The highest BCUT2D eigenvalue weighted by Crippen LogP contribution is 2.33. The van der Waals surface area contributed by atoms with Crippen LogP contribution in [0.2, 0.25) is 0 Å². The van der Waals surface area contributed by atoms with Crippen molar-refractivity contribution in [1.29, 1.82) is 0 Å². The minimum Gasteiger partial charge on any atom is -0.324 e. The van der Waals surface area contributed by atoms with Crippen LogP contribution in [0.4, 0.5) is 5.95 Å². The van der Waals surface area contributed by atoms with Crippen molar-refractivity contribution in [3.8, 4) is 0 Å². The summed E-state index contributed by atoms with van der Waals surface area (Å²) in [6.07, 6.45) is 3.80. The van der Waals surface area contributed by atoms with Crippen LogP contribution in [0, 0.1) is 3.57 Å². The quantitative estimate of drug-likeness (QED) is 0.655. The molecule has 0 aliphatic carbocycles. The van der Waals surface area contributed by atoms with Crippen molar-refractivity contribution < 1.29 is 0 Å². The summed E-state index contributed by atoms with van der Waals surface area (Å²) in [5.41, 5.74) is 2.23. The highest BCUT2D eigenvalue weighted by atomic mass is 127. The van der Waals surface area contributed by atoms with Gasteiger partial charge < -0.3 is 5.32 Å². The minimum absolute atomic E-state index is 0.0954. The summed E-state index contributed by atoms with van der Waals surface area (Å²) in [6, 6.07) is 12.8. The van der Waals surface area contributed by atoms with Crippen LogP contribution in [0.3, 0.4) is 0 Å². The fourth-order valence-corrected chi connectivity index (χ4v) is 3.53. The smallest absolute Gasteiger partial charge is 0.226 e. The van der Waals surface area contributed by atoms with Crippen LogP contribution in [0.1, 0.15) is 16.5 Å². The average Bonchev–Trinajstić information content (AvgIpc) is 3.18. The van der Waals surface area contributed by atoms with Crippen molar-refractivity contribution in [2.45, 2.75) is 6.04 Å². The Morgan fingerprint density at radius 3 is 2.81 bits per heavy atom. The van der Waals surface area contributed by atoms with E-state index in [4.69, 9.17) is 0 Å². The molecule has 3 aromatic rings. The molecule has 1 aliphatic heterocycles. The van der Waals surface area contributed by atoms with E-state index in [1.165, 1.54) is 8.45 Å². The van der Waals surface area contributed by atoms with E-state index in [1.807, 2.05) is 4.68 Å². The fourth-order valence-electron chi connectivity index (χ4n) is 2.39. The number of nitrogens with one attached hydrogen (secondary N) is 1. The van der Waals surface area contributed by atoms with Gasteiger partial charge in [-0.05, 0) is 57.8 Å². The average molecular weight is 406 g/mol. The van der Waals surface area contributed by atoms with Gasteiger partial charge in [0, 0.05) is 14.1 Å². The number of aromatic nitrogens is 3. The molecule has 2 aromatic heterocycles. The lowest BCUT2D eigenvalue weighted by atomic mass is 10.1. The number of hydrogen-bond donors (Lipinski definition) is 1. The predicted octanol–water partition coefficient (Wildman–Crippen LogP) is 4.00. The van der Waals surface area contributed by atoms with Crippen LogP contribution in [0.5, 0.6) is 0 Å². The van der Waals surface area contributed by atoms with Crippen LogP contribution in [-0.4, -0.2) is 14.8 Å². The van der Waals surface area contributed by atoms with E-state index in [9.17, 15) is 0 Å². The summed E-state index contributed by atoms with van der Waals surface area (Å²) >= 11 is 4.05. The highest BCUT2D eigenvalue weighted by Gasteiger charge is 2.23. The van der Waals surface area contributed by atoms with Gasteiger partial charge in [-0.1, -0.05) is 18.2 Å². The van der Waals surface area contributed by atoms with E-state index >= 15 is 0 Å². The maximum atomic E-state index is 4.34. The molecule has 0 bridgehead atoms. The number of halogens is 1. The molecule has 4 rings (SSSR count). The van der Waals surface area contributed by atoms with Gasteiger partial charge in [0.15, 0.2) is 0 Å². The fraction of sp³-hybridized carbons (Fsp3) is 0.0667. The van der Waals surface area contributed by atoms with E-state index in [0.29, 0.717) is 0 Å². The predicted molar refractivity (Wildman–Crippen MR) is 93.2 cm³/mol. The third-order valence-corrected chi connectivity index (χ3v) is 5.06. The number of anilines is 1. The number of rotatable bonds is 2. The summed E-state index contributed by atoms with van der Waals surface area (Å²) in [5, 5.41) is 9.79. The number of thiophene rings is 1. The second-order valence-electron chi connectivity index (χ2n) is 4.70. The zero-order valence-electron chi connectivity index (χ0n) is 10.9. The van der Waals surface area contributed by atoms with Crippen LogP contribution in [0.25, 0.3) is 5.70 Å². The third kappa shape index (κ3) is 2.38. The molecule has 0 radical (unpaired) electrons. The van der Waals surface area contributed by atoms with Gasteiger partial charge in [-0.3, -0.25) is 0 Å². The standard InChI is InChI=1S/C15H11IN4S/c16-11-5-3-10(4-6-11)12-8-13(14-2-1-7-21-14)20-15(19-12)17-9-18-20/h1-9,13H,(H,17,18,19). The monoisotopic (exact) mass is 406 g/mol. The molecule has 0 saturated heterocycles. The zero-order valence-corrected chi connectivity index (χ0v) is 13.9. The van der Waals surface area contributed by atoms with E-state index in [0.717, 1.165) is 17.2 Å². The Morgan fingerprint density at radius 2 is 2.05 bits per heavy atom. The number of benzene rings is 1. The first-order valence-electron chi connectivity index (χ1n) is 6.49. The first-order valence-corrected chi connectivity index (χ1v) is 8.45. The second-order valence-corrected chi connectivity index (χ2v) is 6.93. The summed E-state index contributed by atoms with van der Waals surface area (Å²) in [5.74, 6) is 0.782. The van der Waals surface area contributed by atoms with Crippen molar-refractivity contribution in [3.63, 3.8) is 0 Å². The molecule has 1 unspecified atom stereocenters. The van der Waals surface area contributed by atoms with E-state index in [-0.39, 0.29) is 6.04 Å². The lowest BCUT2D eigenvalue weighted by Gasteiger charge is -2.23. The zero-order chi connectivity index (χ0) is 14.2. The maximum Gasteiger partial charge on any atom is 0.226 e. The van der Waals surface area contributed by atoms with E-state index in [2.05, 4.69) is 85.8 Å². The molecule has 1 N–H and O–H groups in total. The molecular weight excluding hydrogens is 395 g/mol. The van der Waals surface area contributed by atoms with Gasteiger partial charge in [-0.15, -0.1) is 11.3 Å². The third-order valence-electron chi connectivity index (χ3n) is 3.40. The van der Waals surface area contributed by atoms with Crippen LogP contribution in [0.15, 0.2) is 54.2 Å². The Kier molecular flexibility index (Phi) is 3.27. The number of nitrogens with zero attached hydrogens (tertiary/aromatic N) is 3. The molecule has 0 saturated carbocycles. The molecule has 4 nitrogen and oxygen atoms in total. The SMILES string of the molecule is Ic1ccc(C2=CC(c3cccs3)n3ncnc3N2)cc1. The number of fused-ring (bicyclic) bond motifs is 1. The molecule has 1 atom stereocenters. The molecule has 0 spiro atoms. The van der Waals surface area contributed by atoms with Gasteiger partial charge >= 0.3 is 0 Å². The van der Waals surface area contributed by atoms with Crippen molar-refractivity contribution in [2.75, 3.05) is 5.32 Å². The molecule has 1 aromatic carbocycles. The van der Waals surface area contributed by atoms with Gasteiger partial charge in [0.25, 0.3) is 0 Å². The van der Waals surface area contributed by atoms with Crippen LogP contribution < -0.4 is 5.32 Å². The Hall–Kier alpha value is -1.67. The summed E-state index contributed by atoms with van der Waals surface area (Å²) in [4.78, 5) is 5.57. The Bertz CT molecular complexity index is 789. The molecule has 1 aliphatic rings. The maximum absolute atomic E-state index is 4.34. The van der Waals surface area contributed by atoms with Crippen molar-refractivity contribution >= 4 is 45.6 Å². The second kappa shape index (κ2) is 5.27. The first kappa shape index (κ1) is 13.0. The topological polar surface area (TPSA) is 42.7 Å². The number of hydrogen-bond acceptors (Lipinski definition) is 4. The Labute approximate surface area is 139 Å². The Morgan fingerprint density at radius 1 is 1.19 bits per heavy atom. The lowest BCUT2D eigenvalue weighted by Crippen LogP contribution is -2.19. The van der Waals surface area contributed by atoms with Gasteiger partial charge in [0.1, 0.15) is 12.4 Å². The van der Waals surface area contributed by atoms with Gasteiger partial charge in [0.2, 0.25) is 5.95 Å². The molecule has 104 valence electrons. The lowest BCUT2D eigenvalue weighted by molar-refractivity contribution is 0.620. The molecule has 0 amide bonds.